The van der Waals surface area contributed by atoms with Crippen molar-refractivity contribution in [3.63, 3.8) is 0 Å². The first-order chi connectivity index (χ1) is 11.6. The zero-order valence-electron chi connectivity index (χ0n) is 13.2. The molecule has 2 rings (SSSR count). The van der Waals surface area contributed by atoms with Gasteiger partial charge in [-0.1, -0.05) is 11.6 Å². The molecule has 25 heavy (non-hydrogen) atoms. The van der Waals surface area contributed by atoms with Crippen molar-refractivity contribution in [1.29, 1.82) is 0 Å². The van der Waals surface area contributed by atoms with Crippen LogP contribution in [0.4, 0.5) is 18.9 Å². The highest BCUT2D eigenvalue weighted by Gasteiger charge is 2.32. The van der Waals surface area contributed by atoms with Gasteiger partial charge < -0.3 is 14.6 Å². The third-order valence-electron chi connectivity index (χ3n) is 3.48. The summed E-state index contributed by atoms with van der Waals surface area (Å²) in [5.41, 5.74) is -1.51. The smallest absolute Gasteiger partial charge is 0.417 e. The molecule has 0 bridgehead atoms. The molecule has 0 saturated heterocycles. The van der Waals surface area contributed by atoms with Crippen LogP contribution in [0.15, 0.2) is 41.3 Å². The summed E-state index contributed by atoms with van der Waals surface area (Å²) in [6, 6.07) is 4.77. The van der Waals surface area contributed by atoms with Crippen LogP contribution >= 0.6 is 11.6 Å². The van der Waals surface area contributed by atoms with Gasteiger partial charge in [-0.25, -0.2) is 0 Å². The van der Waals surface area contributed by atoms with Crippen molar-refractivity contribution in [3.8, 4) is 5.75 Å². The largest absolute Gasteiger partial charge is 0.495 e. The molecule has 5 nitrogen and oxygen atoms in total. The van der Waals surface area contributed by atoms with Gasteiger partial charge in [0.25, 0.3) is 5.56 Å². The van der Waals surface area contributed by atoms with Crippen molar-refractivity contribution < 1.29 is 22.7 Å². The number of carbonyl (C=O) groups is 1. The second-order valence-corrected chi connectivity index (χ2v) is 5.61. The molecule has 134 valence electrons. The van der Waals surface area contributed by atoms with E-state index in [0.29, 0.717) is 23.0 Å². The van der Waals surface area contributed by atoms with Gasteiger partial charge in [0.2, 0.25) is 5.91 Å². The molecule has 1 N–H and O–H groups in total. The van der Waals surface area contributed by atoms with Gasteiger partial charge in [0.1, 0.15) is 11.8 Å². The van der Waals surface area contributed by atoms with E-state index in [-0.39, 0.29) is 5.69 Å². The number of hydrogen-bond acceptors (Lipinski definition) is 3. The lowest BCUT2D eigenvalue weighted by atomic mass is 10.2. The lowest BCUT2D eigenvalue weighted by Crippen LogP contribution is -2.32. The Morgan fingerprint density at radius 2 is 1.96 bits per heavy atom. The van der Waals surface area contributed by atoms with E-state index < -0.39 is 29.2 Å². The van der Waals surface area contributed by atoms with Crippen molar-refractivity contribution >= 4 is 23.2 Å². The fourth-order valence-corrected chi connectivity index (χ4v) is 2.29. The Kier molecular flexibility index (Phi) is 5.42. The van der Waals surface area contributed by atoms with E-state index in [0.717, 1.165) is 10.6 Å². The number of carbonyl (C=O) groups excluding carboxylic acids is 1. The number of hydrogen-bond donors (Lipinski definition) is 1. The van der Waals surface area contributed by atoms with E-state index in [9.17, 15) is 22.8 Å². The van der Waals surface area contributed by atoms with Crippen molar-refractivity contribution in [3.05, 3.63) is 57.5 Å². The predicted molar refractivity (Wildman–Crippen MR) is 87.0 cm³/mol. The van der Waals surface area contributed by atoms with Gasteiger partial charge in [-0.15, -0.1) is 0 Å². The Hall–Kier alpha value is -2.48. The average Bonchev–Trinajstić information content (AvgIpc) is 2.53. The quantitative estimate of drug-likeness (QED) is 0.887. The van der Waals surface area contributed by atoms with Gasteiger partial charge in [0, 0.05) is 17.3 Å². The normalized spacial score (nSPS) is 12.6. The predicted octanol–water partition coefficient (Wildman–Crippen LogP) is 3.73. The lowest BCUT2D eigenvalue weighted by molar-refractivity contribution is -0.138. The lowest BCUT2D eigenvalue weighted by Gasteiger charge is -2.18. The Morgan fingerprint density at radius 1 is 1.28 bits per heavy atom. The summed E-state index contributed by atoms with van der Waals surface area (Å²) in [6.45, 7) is 1.31. The second kappa shape index (κ2) is 7.18. The summed E-state index contributed by atoms with van der Waals surface area (Å²) < 4.78 is 44.2. The SMILES string of the molecule is COc1ccc(Cl)cc1NC(=O)C(C)n1cc(C(F)(F)F)ccc1=O. The number of amides is 1. The Bertz CT molecular complexity index is 849. The number of anilines is 1. The Morgan fingerprint density at radius 3 is 2.56 bits per heavy atom. The van der Waals surface area contributed by atoms with Gasteiger partial charge in [-0.2, -0.15) is 13.2 Å². The number of halogens is 4. The molecule has 1 unspecified atom stereocenters. The number of aromatic nitrogens is 1. The van der Waals surface area contributed by atoms with Crippen molar-refractivity contribution in [1.82, 2.24) is 4.57 Å². The molecule has 0 saturated carbocycles. The van der Waals surface area contributed by atoms with Gasteiger partial charge in [-0.3, -0.25) is 9.59 Å². The van der Waals surface area contributed by atoms with E-state index >= 15 is 0 Å². The monoisotopic (exact) mass is 374 g/mol. The van der Waals surface area contributed by atoms with Gasteiger partial charge in [0.15, 0.2) is 0 Å². The van der Waals surface area contributed by atoms with Crippen LogP contribution in [0.3, 0.4) is 0 Å². The molecule has 1 amide bonds. The van der Waals surface area contributed by atoms with Crippen LogP contribution in [0.25, 0.3) is 0 Å². The molecular weight excluding hydrogens is 361 g/mol. The van der Waals surface area contributed by atoms with E-state index in [2.05, 4.69) is 5.32 Å². The number of nitrogens with one attached hydrogen (secondary N) is 1. The van der Waals surface area contributed by atoms with Crippen LogP contribution in [0.2, 0.25) is 5.02 Å². The number of benzene rings is 1. The van der Waals surface area contributed by atoms with Crippen LogP contribution in [0.1, 0.15) is 18.5 Å². The molecule has 1 heterocycles. The third kappa shape index (κ3) is 4.33. The Balaban J connectivity index is 2.32. The first kappa shape index (κ1) is 18.9. The molecule has 1 aromatic heterocycles. The molecule has 0 spiro atoms. The van der Waals surface area contributed by atoms with Gasteiger partial charge in [0.05, 0.1) is 18.4 Å². The van der Waals surface area contributed by atoms with Crippen molar-refractivity contribution in [2.75, 3.05) is 12.4 Å². The van der Waals surface area contributed by atoms with Crippen LogP contribution in [0, 0.1) is 0 Å². The van der Waals surface area contributed by atoms with Crippen LogP contribution in [0.5, 0.6) is 5.75 Å². The first-order valence-electron chi connectivity index (χ1n) is 7.07. The zero-order valence-corrected chi connectivity index (χ0v) is 14.0. The number of ether oxygens (including phenoxy) is 1. The summed E-state index contributed by atoms with van der Waals surface area (Å²) in [4.78, 5) is 24.2. The molecule has 0 aliphatic rings. The van der Waals surface area contributed by atoms with Crippen LogP contribution in [-0.2, 0) is 11.0 Å². The maximum atomic E-state index is 12.8. The van der Waals surface area contributed by atoms with Gasteiger partial charge in [-0.05, 0) is 31.2 Å². The minimum absolute atomic E-state index is 0.242. The van der Waals surface area contributed by atoms with E-state index in [1.54, 1.807) is 6.07 Å². The maximum Gasteiger partial charge on any atom is 0.417 e. The fraction of sp³-hybridized carbons (Fsp3) is 0.250. The number of alkyl halides is 3. The third-order valence-corrected chi connectivity index (χ3v) is 3.72. The van der Waals surface area contributed by atoms with E-state index in [1.807, 2.05) is 0 Å². The molecule has 0 radical (unpaired) electrons. The topological polar surface area (TPSA) is 60.3 Å². The van der Waals surface area contributed by atoms with E-state index in [1.165, 1.54) is 26.2 Å². The van der Waals surface area contributed by atoms with E-state index in [4.69, 9.17) is 16.3 Å². The summed E-state index contributed by atoms with van der Waals surface area (Å²) in [7, 11) is 1.39. The fourth-order valence-electron chi connectivity index (χ4n) is 2.12. The highest BCUT2D eigenvalue weighted by atomic mass is 35.5. The number of pyridine rings is 1. The molecule has 2 aromatic rings. The van der Waals surface area contributed by atoms with Crippen molar-refractivity contribution in [2.24, 2.45) is 0 Å². The molecule has 9 heteroatoms. The highest BCUT2D eigenvalue weighted by molar-refractivity contribution is 6.31. The summed E-state index contributed by atoms with van der Waals surface area (Å²) in [5, 5.41) is 2.83. The van der Waals surface area contributed by atoms with Gasteiger partial charge >= 0.3 is 6.18 Å². The number of methoxy groups -OCH3 is 1. The maximum absolute atomic E-state index is 12.8. The highest BCUT2D eigenvalue weighted by Crippen LogP contribution is 2.30. The Labute approximate surface area is 146 Å². The molecular formula is C16H14ClF3N2O3. The zero-order chi connectivity index (χ0) is 18.8. The van der Waals surface area contributed by atoms with Crippen LogP contribution < -0.4 is 15.6 Å². The molecule has 0 aliphatic heterocycles. The van der Waals surface area contributed by atoms with Crippen LogP contribution in [-0.4, -0.2) is 17.6 Å². The second-order valence-electron chi connectivity index (χ2n) is 5.17. The molecule has 0 aliphatic carbocycles. The molecule has 1 atom stereocenters. The number of nitrogens with zero attached hydrogens (tertiary/aromatic N) is 1. The number of rotatable bonds is 4. The minimum Gasteiger partial charge on any atom is -0.495 e. The summed E-state index contributed by atoms with van der Waals surface area (Å²) in [6.07, 6.45) is -4.01. The standard InChI is InChI=1S/C16H14ClF3N2O3/c1-9(22-8-10(16(18,19)20)3-6-14(22)23)15(24)21-12-7-11(17)4-5-13(12)25-2/h3-9H,1-2H3,(H,21,24). The first-order valence-corrected chi connectivity index (χ1v) is 7.45. The molecule has 0 fully saturated rings. The average molecular weight is 375 g/mol. The summed E-state index contributed by atoms with van der Waals surface area (Å²) >= 11 is 5.86. The molecule has 1 aromatic carbocycles. The minimum atomic E-state index is -4.62. The summed E-state index contributed by atoms with van der Waals surface area (Å²) in [5.74, 6) is -0.372. The van der Waals surface area contributed by atoms with Crippen molar-refractivity contribution in [2.45, 2.75) is 19.1 Å².